The molecule has 5 nitrogen and oxygen atoms in total. The Morgan fingerprint density at radius 3 is 2.76 bits per heavy atom. The van der Waals surface area contributed by atoms with Crippen molar-refractivity contribution in [2.45, 2.75) is 51.3 Å². The molecular weight excluding hydrogens is 218 g/mol. The summed E-state index contributed by atoms with van der Waals surface area (Å²) >= 11 is 0. The van der Waals surface area contributed by atoms with Gasteiger partial charge in [-0.05, 0) is 33.6 Å². The van der Waals surface area contributed by atoms with Crippen LogP contribution in [0.3, 0.4) is 0 Å². The highest BCUT2D eigenvalue weighted by Crippen LogP contribution is 2.33. The van der Waals surface area contributed by atoms with E-state index in [1.54, 1.807) is 23.9 Å². The predicted octanol–water partition coefficient (Wildman–Crippen LogP) is 1.15. The van der Waals surface area contributed by atoms with Crippen LogP contribution >= 0.6 is 0 Å². The summed E-state index contributed by atoms with van der Waals surface area (Å²) in [4.78, 5) is 16.2. The van der Waals surface area contributed by atoms with E-state index in [9.17, 15) is 9.90 Å². The monoisotopic (exact) mass is 237 g/mol. The zero-order chi connectivity index (χ0) is 12.6. The second-order valence-electron chi connectivity index (χ2n) is 5.24. The number of nitrogens with zero attached hydrogens (tertiary/aromatic N) is 2. The number of aromatic nitrogens is 2. The third kappa shape index (κ3) is 2.49. The standard InChI is InChI=1S/C12H19N3O2/c1-8(16)12(2,3)14-10-11(17)15(7-6-13-10)9-4-5-9/h6-9,16H,4-5H2,1-3H3,(H,13,14). The Balaban J connectivity index is 2.27. The molecule has 1 unspecified atom stereocenters. The molecular formula is C12H19N3O2. The van der Waals surface area contributed by atoms with Crippen LogP contribution in [0.15, 0.2) is 17.2 Å². The minimum absolute atomic E-state index is 0.108. The highest BCUT2D eigenvalue weighted by atomic mass is 16.3. The first kappa shape index (κ1) is 12.1. The zero-order valence-electron chi connectivity index (χ0n) is 10.5. The van der Waals surface area contributed by atoms with E-state index in [2.05, 4.69) is 10.3 Å². The van der Waals surface area contributed by atoms with Crippen LogP contribution in [-0.4, -0.2) is 26.3 Å². The lowest BCUT2D eigenvalue weighted by Crippen LogP contribution is -2.44. The molecule has 2 rings (SSSR count). The SMILES string of the molecule is CC(O)C(C)(C)Nc1nccn(C2CC2)c1=O. The Morgan fingerprint density at radius 1 is 1.59 bits per heavy atom. The molecule has 2 N–H and O–H groups in total. The van der Waals surface area contributed by atoms with Crippen LogP contribution in [0.25, 0.3) is 0 Å². The largest absolute Gasteiger partial charge is 0.391 e. The van der Waals surface area contributed by atoms with Gasteiger partial charge in [-0.2, -0.15) is 0 Å². The van der Waals surface area contributed by atoms with Crippen molar-refractivity contribution in [2.24, 2.45) is 0 Å². The Kier molecular flexibility index (Phi) is 2.95. The molecule has 1 heterocycles. The molecule has 5 heteroatoms. The van der Waals surface area contributed by atoms with Gasteiger partial charge in [0.1, 0.15) is 0 Å². The highest BCUT2D eigenvalue weighted by Gasteiger charge is 2.28. The maximum Gasteiger partial charge on any atom is 0.293 e. The van der Waals surface area contributed by atoms with Crippen molar-refractivity contribution in [1.82, 2.24) is 9.55 Å². The van der Waals surface area contributed by atoms with Gasteiger partial charge in [0.05, 0.1) is 11.6 Å². The average molecular weight is 237 g/mol. The lowest BCUT2D eigenvalue weighted by atomic mass is 9.99. The number of nitrogens with one attached hydrogen (secondary N) is 1. The van der Waals surface area contributed by atoms with Gasteiger partial charge in [-0.3, -0.25) is 4.79 Å². The molecule has 1 aliphatic carbocycles. The molecule has 1 aliphatic rings. The van der Waals surface area contributed by atoms with Gasteiger partial charge >= 0.3 is 0 Å². The van der Waals surface area contributed by atoms with Gasteiger partial charge in [-0.15, -0.1) is 0 Å². The van der Waals surface area contributed by atoms with Crippen LogP contribution in [0.1, 0.15) is 39.7 Å². The number of aliphatic hydroxyl groups excluding tert-OH is 1. The molecule has 0 spiro atoms. The fourth-order valence-corrected chi connectivity index (χ4v) is 1.56. The molecule has 0 saturated heterocycles. The topological polar surface area (TPSA) is 67.2 Å². The van der Waals surface area contributed by atoms with Crippen molar-refractivity contribution in [2.75, 3.05) is 5.32 Å². The average Bonchev–Trinajstić information content (AvgIpc) is 3.04. The van der Waals surface area contributed by atoms with E-state index in [1.165, 1.54) is 0 Å². The Bertz CT molecular complexity index is 461. The van der Waals surface area contributed by atoms with Gasteiger partial charge in [0.2, 0.25) is 0 Å². The molecule has 94 valence electrons. The van der Waals surface area contributed by atoms with Crippen molar-refractivity contribution >= 4 is 5.82 Å². The number of hydrogen-bond donors (Lipinski definition) is 2. The first-order valence-corrected chi connectivity index (χ1v) is 5.95. The summed E-state index contributed by atoms with van der Waals surface area (Å²) in [5.74, 6) is 0.310. The summed E-state index contributed by atoms with van der Waals surface area (Å²) in [6, 6.07) is 0.334. The normalized spacial score (nSPS) is 17.9. The molecule has 0 aliphatic heterocycles. The number of aliphatic hydroxyl groups is 1. The fraction of sp³-hybridized carbons (Fsp3) is 0.667. The fourth-order valence-electron chi connectivity index (χ4n) is 1.56. The first-order chi connectivity index (χ1) is 7.92. The summed E-state index contributed by atoms with van der Waals surface area (Å²) in [6.45, 7) is 5.37. The van der Waals surface area contributed by atoms with Crippen molar-refractivity contribution in [1.29, 1.82) is 0 Å². The van der Waals surface area contributed by atoms with Gasteiger partial charge in [0.15, 0.2) is 5.82 Å². The smallest absolute Gasteiger partial charge is 0.293 e. The molecule has 1 saturated carbocycles. The van der Waals surface area contributed by atoms with Crippen molar-refractivity contribution < 1.29 is 5.11 Å². The number of rotatable bonds is 4. The predicted molar refractivity (Wildman–Crippen MR) is 66.2 cm³/mol. The van der Waals surface area contributed by atoms with Crippen molar-refractivity contribution in [3.8, 4) is 0 Å². The van der Waals surface area contributed by atoms with Crippen LogP contribution in [0, 0.1) is 0 Å². The Labute approximate surface area is 100 Å². The minimum atomic E-state index is -0.575. The van der Waals surface area contributed by atoms with E-state index in [1.807, 2.05) is 13.8 Å². The molecule has 0 radical (unpaired) electrons. The summed E-state index contributed by atoms with van der Waals surface area (Å²) in [7, 11) is 0. The van der Waals surface area contributed by atoms with E-state index in [0.717, 1.165) is 12.8 Å². The van der Waals surface area contributed by atoms with E-state index in [-0.39, 0.29) is 5.56 Å². The second-order valence-corrected chi connectivity index (χ2v) is 5.24. The van der Waals surface area contributed by atoms with Gasteiger partial charge in [-0.1, -0.05) is 0 Å². The van der Waals surface area contributed by atoms with Crippen LogP contribution in [-0.2, 0) is 0 Å². The van der Waals surface area contributed by atoms with E-state index in [4.69, 9.17) is 0 Å². The maximum atomic E-state index is 12.1. The summed E-state index contributed by atoms with van der Waals surface area (Å²) in [5, 5.41) is 12.6. The summed E-state index contributed by atoms with van der Waals surface area (Å²) in [6.07, 6.45) is 4.89. The van der Waals surface area contributed by atoms with Crippen molar-refractivity contribution in [3.63, 3.8) is 0 Å². The molecule has 1 atom stereocenters. The van der Waals surface area contributed by atoms with Gasteiger partial charge in [0.25, 0.3) is 5.56 Å². The molecule has 0 aromatic carbocycles. The first-order valence-electron chi connectivity index (χ1n) is 5.95. The van der Waals surface area contributed by atoms with Crippen LogP contribution in [0.5, 0.6) is 0 Å². The third-order valence-electron chi connectivity index (χ3n) is 3.29. The summed E-state index contributed by atoms with van der Waals surface area (Å²) < 4.78 is 1.72. The van der Waals surface area contributed by atoms with Crippen LogP contribution in [0.2, 0.25) is 0 Å². The zero-order valence-corrected chi connectivity index (χ0v) is 10.5. The third-order valence-corrected chi connectivity index (χ3v) is 3.29. The highest BCUT2D eigenvalue weighted by molar-refractivity contribution is 5.35. The minimum Gasteiger partial charge on any atom is -0.391 e. The molecule has 0 amide bonds. The molecule has 0 bridgehead atoms. The molecule has 1 aromatic rings. The molecule has 17 heavy (non-hydrogen) atoms. The van der Waals surface area contributed by atoms with Crippen LogP contribution in [0.4, 0.5) is 5.82 Å². The van der Waals surface area contributed by atoms with Crippen LogP contribution < -0.4 is 10.9 Å². The lowest BCUT2D eigenvalue weighted by molar-refractivity contribution is 0.133. The van der Waals surface area contributed by atoms with Gasteiger partial charge in [0, 0.05) is 18.4 Å². The van der Waals surface area contributed by atoms with Crippen molar-refractivity contribution in [3.05, 3.63) is 22.7 Å². The van der Waals surface area contributed by atoms with E-state index >= 15 is 0 Å². The molecule has 1 aromatic heterocycles. The van der Waals surface area contributed by atoms with E-state index in [0.29, 0.717) is 11.9 Å². The second kappa shape index (κ2) is 4.14. The quantitative estimate of drug-likeness (QED) is 0.824. The Hall–Kier alpha value is -1.36. The number of anilines is 1. The Morgan fingerprint density at radius 2 is 2.24 bits per heavy atom. The lowest BCUT2D eigenvalue weighted by Gasteiger charge is -2.29. The number of hydrogen-bond acceptors (Lipinski definition) is 4. The van der Waals surface area contributed by atoms with Gasteiger partial charge in [-0.25, -0.2) is 4.98 Å². The summed E-state index contributed by atoms with van der Waals surface area (Å²) in [5.41, 5.74) is -0.682. The van der Waals surface area contributed by atoms with Gasteiger partial charge < -0.3 is 15.0 Å². The van der Waals surface area contributed by atoms with E-state index < -0.39 is 11.6 Å². The molecule has 1 fully saturated rings. The maximum absolute atomic E-state index is 12.1.